The maximum atomic E-state index is 13.1. The molecule has 4 rings (SSSR count). The Morgan fingerprint density at radius 2 is 1.81 bits per heavy atom. The molecule has 0 unspecified atom stereocenters. The second-order valence-electron chi connectivity index (χ2n) is 8.06. The van der Waals surface area contributed by atoms with Crippen molar-refractivity contribution >= 4 is 32.4 Å². The van der Waals surface area contributed by atoms with Crippen molar-refractivity contribution in [3.63, 3.8) is 0 Å². The van der Waals surface area contributed by atoms with E-state index in [0.717, 1.165) is 28.5 Å². The first-order valence-corrected chi connectivity index (χ1v) is 12.5. The summed E-state index contributed by atoms with van der Waals surface area (Å²) in [4.78, 5) is 14.8. The smallest absolute Gasteiger partial charge is 0.253 e. The van der Waals surface area contributed by atoms with Crippen LogP contribution in [0.3, 0.4) is 0 Å². The van der Waals surface area contributed by atoms with Gasteiger partial charge in [-0.15, -0.1) is 0 Å². The van der Waals surface area contributed by atoms with Crippen molar-refractivity contribution in [3.05, 3.63) is 71.8 Å². The molecule has 1 heterocycles. The number of sulfonamides is 1. The molecule has 0 saturated carbocycles. The van der Waals surface area contributed by atoms with Gasteiger partial charge in [0.2, 0.25) is 10.0 Å². The van der Waals surface area contributed by atoms with Crippen LogP contribution in [-0.2, 0) is 16.6 Å². The quantitative estimate of drug-likeness (QED) is 0.532. The molecule has 6 nitrogen and oxygen atoms in total. The average molecular weight is 453 g/mol. The minimum Gasteiger partial charge on any atom is -0.493 e. The Morgan fingerprint density at radius 1 is 1.06 bits per heavy atom. The van der Waals surface area contributed by atoms with Crippen molar-refractivity contribution in [1.29, 1.82) is 0 Å². The normalized spacial score (nSPS) is 15.1. The number of rotatable bonds is 7. The first-order chi connectivity index (χ1) is 15.4. The van der Waals surface area contributed by atoms with Crippen LogP contribution in [0.15, 0.2) is 60.7 Å². The molecule has 1 saturated heterocycles. The Hall–Kier alpha value is -3.06. The van der Waals surface area contributed by atoms with E-state index in [9.17, 15) is 13.2 Å². The van der Waals surface area contributed by atoms with Crippen LogP contribution in [-0.4, -0.2) is 45.2 Å². The van der Waals surface area contributed by atoms with E-state index in [1.54, 1.807) is 36.2 Å². The predicted molar refractivity (Wildman–Crippen MR) is 128 cm³/mol. The second-order valence-corrected chi connectivity index (χ2v) is 10.1. The molecular formula is C25H28N2O4S. The number of fused-ring (bicyclic) bond motifs is 1. The van der Waals surface area contributed by atoms with Crippen molar-refractivity contribution < 1.29 is 17.9 Å². The molecule has 0 spiro atoms. The number of carbonyl (C=O) groups is 1. The number of anilines is 1. The molecule has 0 bridgehead atoms. The first-order valence-electron chi connectivity index (χ1n) is 10.9. The molecule has 3 aromatic rings. The molecule has 0 aromatic heterocycles. The number of amides is 1. The molecule has 168 valence electrons. The average Bonchev–Trinajstić information content (AvgIpc) is 3.17. The van der Waals surface area contributed by atoms with Gasteiger partial charge < -0.3 is 9.64 Å². The lowest BCUT2D eigenvalue weighted by Crippen LogP contribution is -2.27. The number of hydrogen-bond donors (Lipinski definition) is 0. The Bertz CT molecular complexity index is 1220. The minimum atomic E-state index is -3.24. The Balaban J connectivity index is 1.57. The number of benzene rings is 3. The second kappa shape index (κ2) is 9.20. The number of hydrogen-bond acceptors (Lipinski definition) is 4. The maximum absolute atomic E-state index is 13.1. The number of carbonyl (C=O) groups excluding carboxylic acids is 1. The van der Waals surface area contributed by atoms with Gasteiger partial charge in [0, 0.05) is 31.3 Å². The molecule has 1 fully saturated rings. The molecule has 3 aromatic carbocycles. The van der Waals surface area contributed by atoms with E-state index < -0.39 is 10.0 Å². The highest BCUT2D eigenvalue weighted by Gasteiger charge is 2.28. The third-order valence-electron chi connectivity index (χ3n) is 5.70. The van der Waals surface area contributed by atoms with E-state index in [4.69, 9.17) is 4.74 Å². The lowest BCUT2D eigenvalue weighted by Gasteiger charge is -2.22. The Kier molecular flexibility index (Phi) is 6.37. The van der Waals surface area contributed by atoms with Crippen LogP contribution in [0.2, 0.25) is 0 Å². The maximum Gasteiger partial charge on any atom is 0.253 e. The number of nitrogens with zero attached hydrogens (tertiary/aromatic N) is 2. The molecule has 0 aliphatic carbocycles. The highest BCUT2D eigenvalue weighted by Crippen LogP contribution is 2.30. The largest absolute Gasteiger partial charge is 0.493 e. The van der Waals surface area contributed by atoms with Gasteiger partial charge in [-0.1, -0.05) is 37.3 Å². The first kappa shape index (κ1) is 22.1. The number of ether oxygens (including phenoxy) is 1. The summed E-state index contributed by atoms with van der Waals surface area (Å²) in [5, 5.41) is 2.17. The fraction of sp³-hybridized carbons (Fsp3) is 0.320. The van der Waals surface area contributed by atoms with Crippen molar-refractivity contribution in [1.82, 2.24) is 4.90 Å². The molecule has 0 atom stereocenters. The van der Waals surface area contributed by atoms with E-state index in [-0.39, 0.29) is 11.7 Å². The predicted octanol–water partition coefficient (Wildman–Crippen LogP) is 4.44. The van der Waals surface area contributed by atoms with Gasteiger partial charge in [0.15, 0.2) is 0 Å². The summed E-state index contributed by atoms with van der Waals surface area (Å²) in [7, 11) is -1.47. The summed E-state index contributed by atoms with van der Waals surface area (Å²) >= 11 is 0. The van der Waals surface area contributed by atoms with Crippen molar-refractivity contribution in [2.24, 2.45) is 0 Å². The van der Waals surface area contributed by atoms with Crippen LogP contribution < -0.4 is 9.04 Å². The van der Waals surface area contributed by atoms with E-state index in [2.05, 4.69) is 13.0 Å². The summed E-state index contributed by atoms with van der Waals surface area (Å²) in [6.45, 7) is 3.57. The van der Waals surface area contributed by atoms with Crippen LogP contribution in [0.1, 0.15) is 35.7 Å². The zero-order chi connectivity index (χ0) is 22.7. The highest BCUT2D eigenvalue weighted by atomic mass is 32.2. The molecule has 1 aliphatic heterocycles. The topological polar surface area (TPSA) is 66.9 Å². The van der Waals surface area contributed by atoms with Crippen LogP contribution in [0, 0.1) is 0 Å². The Labute approximate surface area is 189 Å². The van der Waals surface area contributed by atoms with Crippen molar-refractivity contribution in [2.75, 3.05) is 30.3 Å². The lowest BCUT2D eigenvalue weighted by molar-refractivity contribution is 0.0784. The SMILES string of the molecule is CCCOc1ccc2ccccc2c1CN(C)C(=O)c1ccc(N2CCCS2(=O)=O)cc1. The highest BCUT2D eigenvalue weighted by molar-refractivity contribution is 7.93. The Morgan fingerprint density at radius 3 is 2.50 bits per heavy atom. The van der Waals surface area contributed by atoms with Gasteiger partial charge in [-0.3, -0.25) is 9.10 Å². The summed E-state index contributed by atoms with van der Waals surface area (Å²) in [6.07, 6.45) is 1.53. The molecule has 1 amide bonds. The summed E-state index contributed by atoms with van der Waals surface area (Å²) in [5.41, 5.74) is 2.10. The zero-order valence-electron chi connectivity index (χ0n) is 18.5. The van der Waals surface area contributed by atoms with Gasteiger partial charge in [-0.2, -0.15) is 0 Å². The van der Waals surface area contributed by atoms with E-state index in [0.29, 0.717) is 37.4 Å². The fourth-order valence-corrected chi connectivity index (χ4v) is 5.62. The van der Waals surface area contributed by atoms with Crippen molar-refractivity contribution in [3.8, 4) is 5.75 Å². The van der Waals surface area contributed by atoms with Crippen LogP contribution in [0.5, 0.6) is 5.75 Å². The third-order valence-corrected chi connectivity index (χ3v) is 7.57. The van der Waals surface area contributed by atoms with Crippen LogP contribution in [0.4, 0.5) is 5.69 Å². The van der Waals surface area contributed by atoms with Crippen molar-refractivity contribution in [2.45, 2.75) is 26.3 Å². The summed E-state index contributed by atoms with van der Waals surface area (Å²) in [6, 6.07) is 18.9. The van der Waals surface area contributed by atoms with Gasteiger partial charge in [0.05, 0.1) is 18.0 Å². The third kappa shape index (κ3) is 4.43. The van der Waals surface area contributed by atoms with E-state index >= 15 is 0 Å². The molecule has 0 N–H and O–H groups in total. The molecule has 32 heavy (non-hydrogen) atoms. The van der Waals surface area contributed by atoms with Crippen LogP contribution in [0.25, 0.3) is 10.8 Å². The standard InChI is InChI=1S/C25H28N2O4S/c1-3-16-31-24-14-11-19-7-4-5-8-22(19)23(24)18-26(2)25(28)20-9-12-21(13-10-20)27-15-6-17-32(27,29)30/h4-5,7-14H,3,6,15-18H2,1-2H3. The molecule has 1 aliphatic rings. The van der Waals surface area contributed by atoms with Gasteiger partial charge >= 0.3 is 0 Å². The molecular weight excluding hydrogens is 424 g/mol. The molecule has 0 radical (unpaired) electrons. The van der Waals surface area contributed by atoms with Crippen LogP contribution >= 0.6 is 0 Å². The van der Waals surface area contributed by atoms with E-state index in [1.165, 1.54) is 4.31 Å². The minimum absolute atomic E-state index is 0.129. The summed E-state index contributed by atoms with van der Waals surface area (Å²) in [5.74, 6) is 0.833. The van der Waals surface area contributed by atoms with Gasteiger partial charge in [0.25, 0.3) is 5.91 Å². The van der Waals surface area contributed by atoms with E-state index in [1.807, 2.05) is 30.3 Å². The van der Waals surface area contributed by atoms with Gasteiger partial charge in [-0.05, 0) is 53.9 Å². The zero-order valence-corrected chi connectivity index (χ0v) is 19.3. The molecule has 7 heteroatoms. The lowest BCUT2D eigenvalue weighted by atomic mass is 10.0. The van der Waals surface area contributed by atoms with Gasteiger partial charge in [-0.25, -0.2) is 8.42 Å². The fourth-order valence-electron chi connectivity index (χ4n) is 4.06. The monoisotopic (exact) mass is 452 g/mol. The van der Waals surface area contributed by atoms with Gasteiger partial charge in [0.1, 0.15) is 5.75 Å². The summed E-state index contributed by atoms with van der Waals surface area (Å²) < 4.78 is 31.7.